The molecule has 6 heteroatoms. The van der Waals surface area contributed by atoms with Crippen LogP contribution in [-0.4, -0.2) is 46.3 Å². The van der Waals surface area contributed by atoms with E-state index in [1.54, 1.807) is 0 Å². The maximum atomic E-state index is 5.90. The molecule has 2 atom stereocenters. The Labute approximate surface area is 114 Å². The molecule has 1 fully saturated rings. The molecule has 2 rings (SSSR count). The second-order valence-electron chi connectivity index (χ2n) is 5.21. The molecule has 0 aromatic carbocycles. The van der Waals surface area contributed by atoms with Gasteiger partial charge in [0.15, 0.2) is 0 Å². The zero-order valence-corrected chi connectivity index (χ0v) is 12.0. The molecule has 0 aliphatic carbocycles. The fraction of sp³-hybridized carbons (Fsp3) is 0.769. The molecular weight excluding hydrogens is 242 g/mol. The third-order valence-electron chi connectivity index (χ3n) is 3.77. The van der Waals surface area contributed by atoms with Crippen molar-refractivity contribution in [3.63, 3.8) is 0 Å². The predicted molar refractivity (Wildman–Crippen MR) is 74.4 cm³/mol. The standard InChI is InChI=1S/C13H25N5O/c1-4-17-6-5-15-13(17)12(16-14)11-9-18(10(2)3)7-8-19-11/h5-6,10-12,16H,4,7-9,14H2,1-3H3. The van der Waals surface area contributed by atoms with Crippen LogP contribution in [0, 0.1) is 0 Å². The number of morpholine rings is 1. The number of aromatic nitrogens is 2. The van der Waals surface area contributed by atoms with Gasteiger partial charge in [-0.1, -0.05) is 0 Å². The van der Waals surface area contributed by atoms with Crippen molar-refractivity contribution >= 4 is 0 Å². The lowest BCUT2D eigenvalue weighted by atomic mass is 10.1. The summed E-state index contributed by atoms with van der Waals surface area (Å²) in [6, 6.07) is 0.451. The van der Waals surface area contributed by atoms with Gasteiger partial charge in [0.1, 0.15) is 11.9 Å². The minimum atomic E-state index is -0.0727. The van der Waals surface area contributed by atoms with Gasteiger partial charge in [0.05, 0.1) is 12.7 Å². The van der Waals surface area contributed by atoms with Crippen molar-refractivity contribution in [1.29, 1.82) is 0 Å². The highest BCUT2D eigenvalue weighted by atomic mass is 16.5. The normalized spacial score (nSPS) is 22.9. The molecular formula is C13H25N5O. The molecule has 1 saturated heterocycles. The van der Waals surface area contributed by atoms with Crippen molar-refractivity contribution in [2.45, 2.75) is 45.5 Å². The molecule has 0 radical (unpaired) electrons. The van der Waals surface area contributed by atoms with Crippen LogP contribution in [0.3, 0.4) is 0 Å². The largest absolute Gasteiger partial charge is 0.373 e. The minimum absolute atomic E-state index is 0.0360. The van der Waals surface area contributed by atoms with Gasteiger partial charge in [-0.15, -0.1) is 0 Å². The van der Waals surface area contributed by atoms with Gasteiger partial charge in [-0.25, -0.2) is 10.4 Å². The smallest absolute Gasteiger partial charge is 0.129 e. The van der Waals surface area contributed by atoms with Gasteiger partial charge in [-0.3, -0.25) is 10.7 Å². The molecule has 2 unspecified atom stereocenters. The summed E-state index contributed by atoms with van der Waals surface area (Å²) < 4.78 is 8.00. The summed E-state index contributed by atoms with van der Waals surface area (Å²) in [5.74, 6) is 6.68. The quantitative estimate of drug-likeness (QED) is 0.601. The Morgan fingerprint density at radius 2 is 2.37 bits per heavy atom. The van der Waals surface area contributed by atoms with Gasteiger partial charge in [-0.2, -0.15) is 0 Å². The van der Waals surface area contributed by atoms with Gasteiger partial charge in [0.2, 0.25) is 0 Å². The number of rotatable bonds is 5. The number of ether oxygens (including phenoxy) is 1. The molecule has 3 N–H and O–H groups in total. The molecule has 1 aliphatic heterocycles. The first kappa shape index (κ1) is 14.5. The Hall–Kier alpha value is -0.950. The van der Waals surface area contributed by atoms with E-state index in [2.05, 4.69) is 40.6 Å². The molecule has 19 heavy (non-hydrogen) atoms. The van der Waals surface area contributed by atoms with Crippen LogP contribution in [0.5, 0.6) is 0 Å². The molecule has 108 valence electrons. The lowest BCUT2D eigenvalue weighted by molar-refractivity contribution is -0.0578. The number of nitrogens with two attached hydrogens (primary N) is 1. The maximum Gasteiger partial charge on any atom is 0.129 e. The molecule has 0 saturated carbocycles. The number of nitrogens with zero attached hydrogens (tertiary/aromatic N) is 3. The number of imidazole rings is 1. The molecule has 1 aromatic heterocycles. The summed E-state index contributed by atoms with van der Waals surface area (Å²) in [7, 11) is 0. The molecule has 0 amide bonds. The van der Waals surface area contributed by atoms with Crippen molar-refractivity contribution in [2.75, 3.05) is 19.7 Å². The van der Waals surface area contributed by atoms with E-state index >= 15 is 0 Å². The van der Waals surface area contributed by atoms with Crippen LogP contribution < -0.4 is 11.3 Å². The van der Waals surface area contributed by atoms with Gasteiger partial charge in [0, 0.05) is 38.1 Å². The summed E-state index contributed by atoms with van der Waals surface area (Å²) in [6.07, 6.45) is 3.82. The van der Waals surface area contributed by atoms with Crippen LogP contribution >= 0.6 is 0 Å². The maximum absolute atomic E-state index is 5.90. The zero-order valence-electron chi connectivity index (χ0n) is 12.0. The first-order valence-electron chi connectivity index (χ1n) is 7.00. The molecule has 6 nitrogen and oxygen atoms in total. The second-order valence-corrected chi connectivity index (χ2v) is 5.21. The Morgan fingerprint density at radius 3 is 3.00 bits per heavy atom. The van der Waals surface area contributed by atoms with Crippen molar-refractivity contribution in [3.05, 3.63) is 18.2 Å². The molecule has 0 bridgehead atoms. The average molecular weight is 267 g/mol. The van der Waals surface area contributed by atoms with Crippen LogP contribution in [0.15, 0.2) is 12.4 Å². The van der Waals surface area contributed by atoms with Crippen molar-refractivity contribution in [1.82, 2.24) is 19.9 Å². The first-order valence-corrected chi connectivity index (χ1v) is 7.00. The van der Waals surface area contributed by atoms with E-state index in [-0.39, 0.29) is 12.1 Å². The van der Waals surface area contributed by atoms with Crippen molar-refractivity contribution in [3.8, 4) is 0 Å². The summed E-state index contributed by atoms with van der Waals surface area (Å²) in [6.45, 7) is 10.0. The zero-order chi connectivity index (χ0) is 13.8. The Bertz CT molecular complexity index is 392. The predicted octanol–water partition coefficient (Wildman–Crippen LogP) is 0.517. The van der Waals surface area contributed by atoms with Crippen LogP contribution in [0.1, 0.15) is 32.6 Å². The highest BCUT2D eigenvalue weighted by Crippen LogP contribution is 2.21. The van der Waals surface area contributed by atoms with Crippen LogP contribution in [0.25, 0.3) is 0 Å². The van der Waals surface area contributed by atoms with Gasteiger partial charge >= 0.3 is 0 Å². The Kier molecular flexibility index (Phi) is 4.93. The summed E-state index contributed by atoms with van der Waals surface area (Å²) >= 11 is 0. The van der Waals surface area contributed by atoms with Crippen LogP contribution in [0.2, 0.25) is 0 Å². The highest BCUT2D eigenvalue weighted by molar-refractivity contribution is 5.03. The number of nitrogens with one attached hydrogen (secondary N) is 1. The Balaban J connectivity index is 2.13. The average Bonchev–Trinajstić information content (AvgIpc) is 2.88. The van der Waals surface area contributed by atoms with Crippen LogP contribution in [0.4, 0.5) is 0 Å². The molecule has 1 aliphatic rings. The number of hydrogen-bond acceptors (Lipinski definition) is 5. The number of hydrazine groups is 1. The number of aryl methyl sites for hydroxylation is 1. The van der Waals surface area contributed by atoms with E-state index in [0.717, 1.165) is 32.1 Å². The minimum Gasteiger partial charge on any atom is -0.373 e. The monoisotopic (exact) mass is 267 g/mol. The molecule has 1 aromatic rings. The van der Waals surface area contributed by atoms with Gasteiger partial charge in [-0.05, 0) is 20.8 Å². The van der Waals surface area contributed by atoms with E-state index in [1.165, 1.54) is 0 Å². The van der Waals surface area contributed by atoms with E-state index in [1.807, 2.05) is 12.4 Å². The lowest BCUT2D eigenvalue weighted by Crippen LogP contribution is -2.51. The number of hydrogen-bond donors (Lipinski definition) is 2. The second kappa shape index (κ2) is 6.47. The van der Waals surface area contributed by atoms with E-state index in [0.29, 0.717) is 6.04 Å². The fourth-order valence-electron chi connectivity index (χ4n) is 2.58. The molecule has 0 spiro atoms. The van der Waals surface area contributed by atoms with E-state index in [4.69, 9.17) is 10.6 Å². The summed E-state index contributed by atoms with van der Waals surface area (Å²) in [5.41, 5.74) is 2.87. The van der Waals surface area contributed by atoms with Crippen molar-refractivity contribution in [2.24, 2.45) is 5.84 Å². The SMILES string of the molecule is CCn1ccnc1C(NN)C1CN(C(C)C)CCO1. The first-order chi connectivity index (χ1) is 9.17. The lowest BCUT2D eigenvalue weighted by Gasteiger charge is -2.38. The highest BCUT2D eigenvalue weighted by Gasteiger charge is 2.31. The summed E-state index contributed by atoms with van der Waals surface area (Å²) in [5, 5.41) is 0. The molecule has 2 heterocycles. The topological polar surface area (TPSA) is 68.3 Å². The Morgan fingerprint density at radius 1 is 1.58 bits per heavy atom. The van der Waals surface area contributed by atoms with Crippen LogP contribution in [-0.2, 0) is 11.3 Å². The summed E-state index contributed by atoms with van der Waals surface area (Å²) in [4.78, 5) is 6.84. The fourth-order valence-corrected chi connectivity index (χ4v) is 2.58. The third kappa shape index (κ3) is 3.14. The van der Waals surface area contributed by atoms with Gasteiger partial charge in [0.25, 0.3) is 0 Å². The third-order valence-corrected chi connectivity index (χ3v) is 3.77. The van der Waals surface area contributed by atoms with Gasteiger partial charge < -0.3 is 9.30 Å². The van der Waals surface area contributed by atoms with E-state index in [9.17, 15) is 0 Å². The van der Waals surface area contributed by atoms with E-state index < -0.39 is 0 Å². The van der Waals surface area contributed by atoms with Crippen molar-refractivity contribution < 1.29 is 4.74 Å².